The van der Waals surface area contributed by atoms with Crippen molar-refractivity contribution < 1.29 is 33.2 Å². The highest BCUT2D eigenvalue weighted by molar-refractivity contribution is 6.02. The second-order valence-electron chi connectivity index (χ2n) is 11.3. The van der Waals surface area contributed by atoms with E-state index in [9.17, 15) is 4.79 Å². The summed E-state index contributed by atoms with van der Waals surface area (Å²) in [7, 11) is 6.57. The molecule has 1 N–H and O–H groups in total. The molecule has 1 fully saturated rings. The summed E-state index contributed by atoms with van der Waals surface area (Å²) < 4.78 is 33.5. The summed E-state index contributed by atoms with van der Waals surface area (Å²) in [6.07, 6.45) is 3.58. The van der Waals surface area contributed by atoms with Gasteiger partial charge in [-0.1, -0.05) is 18.2 Å². The maximum absolute atomic E-state index is 14.3. The zero-order valence-electron chi connectivity index (χ0n) is 26.7. The Morgan fingerprint density at radius 1 is 0.800 bits per heavy atom. The molecular weight excluding hydrogens is 572 g/mol. The van der Waals surface area contributed by atoms with Crippen LogP contribution in [0.2, 0.25) is 0 Å². The van der Waals surface area contributed by atoms with E-state index in [0.29, 0.717) is 55.9 Å². The third kappa shape index (κ3) is 8.71. The lowest BCUT2D eigenvalue weighted by atomic mass is 9.92. The maximum Gasteiger partial charge on any atom is 0.251 e. The molecule has 2 aliphatic rings. The number of nitrogens with one attached hydrogen (secondary N) is 1. The van der Waals surface area contributed by atoms with Crippen LogP contribution in [0.3, 0.4) is 0 Å². The van der Waals surface area contributed by atoms with Crippen LogP contribution >= 0.6 is 0 Å². The molecule has 9 heteroatoms. The molecule has 1 saturated carbocycles. The van der Waals surface area contributed by atoms with E-state index < -0.39 is 0 Å². The number of carbonyl (C=O) groups is 1. The molecule has 0 spiro atoms. The summed E-state index contributed by atoms with van der Waals surface area (Å²) in [5, 5.41) is 3.43. The highest BCUT2D eigenvalue weighted by Gasteiger charge is 2.35. The van der Waals surface area contributed by atoms with Gasteiger partial charge in [-0.05, 0) is 66.3 Å². The number of amides is 1. The van der Waals surface area contributed by atoms with E-state index in [1.54, 1.807) is 28.4 Å². The molecular formula is C36H44N2O7. The van der Waals surface area contributed by atoms with E-state index >= 15 is 0 Å². The van der Waals surface area contributed by atoms with Gasteiger partial charge in [0.2, 0.25) is 0 Å². The molecule has 5 rings (SSSR count). The Morgan fingerprint density at radius 2 is 1.47 bits per heavy atom. The van der Waals surface area contributed by atoms with Crippen LogP contribution in [0.25, 0.3) is 5.57 Å². The van der Waals surface area contributed by atoms with E-state index in [1.807, 2.05) is 53.4 Å². The van der Waals surface area contributed by atoms with Crippen LogP contribution in [0.15, 0.2) is 66.2 Å². The molecule has 1 heterocycles. The van der Waals surface area contributed by atoms with Gasteiger partial charge in [-0.3, -0.25) is 4.79 Å². The first kappa shape index (κ1) is 32.2. The Labute approximate surface area is 266 Å². The molecule has 0 aromatic heterocycles. The molecule has 0 radical (unpaired) electrons. The minimum Gasteiger partial charge on any atom is -0.497 e. The van der Waals surface area contributed by atoms with E-state index in [1.165, 1.54) is 0 Å². The number of methoxy groups -OCH3 is 4. The van der Waals surface area contributed by atoms with Crippen LogP contribution < -0.4 is 29.0 Å². The van der Waals surface area contributed by atoms with Crippen LogP contribution in [-0.4, -0.2) is 71.6 Å². The number of rotatable bonds is 16. The molecule has 0 bridgehead atoms. The summed E-state index contributed by atoms with van der Waals surface area (Å²) in [6, 6.07) is 19.9. The van der Waals surface area contributed by atoms with Gasteiger partial charge in [-0.15, -0.1) is 0 Å². The molecule has 0 unspecified atom stereocenters. The fourth-order valence-corrected chi connectivity index (χ4v) is 5.53. The van der Waals surface area contributed by atoms with Gasteiger partial charge < -0.3 is 38.6 Å². The minimum absolute atomic E-state index is 0.0789. The van der Waals surface area contributed by atoms with E-state index in [-0.39, 0.29) is 11.9 Å². The van der Waals surface area contributed by atoms with E-state index in [4.69, 9.17) is 28.4 Å². The van der Waals surface area contributed by atoms with Gasteiger partial charge in [-0.25, -0.2) is 0 Å². The van der Waals surface area contributed by atoms with Gasteiger partial charge in [0.25, 0.3) is 5.91 Å². The first-order valence-corrected chi connectivity index (χ1v) is 15.5. The van der Waals surface area contributed by atoms with Crippen molar-refractivity contribution in [3.05, 3.63) is 82.9 Å². The molecule has 240 valence electrons. The van der Waals surface area contributed by atoms with Gasteiger partial charge in [-0.2, -0.15) is 0 Å². The van der Waals surface area contributed by atoms with Crippen LogP contribution in [0.5, 0.6) is 28.7 Å². The lowest BCUT2D eigenvalue weighted by Crippen LogP contribution is -2.39. The van der Waals surface area contributed by atoms with Gasteiger partial charge in [0.15, 0.2) is 0 Å². The molecule has 1 aliphatic carbocycles. The Hall–Kier alpha value is -4.21. The average Bonchev–Trinajstić information content (AvgIpc) is 3.93. The third-order valence-corrected chi connectivity index (χ3v) is 8.02. The number of hydrogen-bond donors (Lipinski definition) is 1. The van der Waals surface area contributed by atoms with Gasteiger partial charge >= 0.3 is 0 Å². The molecule has 3 aromatic rings. The fraction of sp³-hybridized carbons (Fsp3) is 0.417. The fourth-order valence-electron chi connectivity index (χ4n) is 5.53. The second kappa shape index (κ2) is 15.7. The molecule has 45 heavy (non-hydrogen) atoms. The smallest absolute Gasteiger partial charge is 0.251 e. The molecule has 0 atom stereocenters. The second-order valence-corrected chi connectivity index (χ2v) is 11.3. The van der Waals surface area contributed by atoms with Gasteiger partial charge in [0.05, 0.1) is 27.9 Å². The molecule has 1 amide bonds. The van der Waals surface area contributed by atoms with Gasteiger partial charge in [0, 0.05) is 69.1 Å². The summed E-state index contributed by atoms with van der Waals surface area (Å²) in [6.45, 7) is 3.40. The predicted octanol–water partition coefficient (Wildman–Crippen LogP) is 5.64. The van der Waals surface area contributed by atoms with Crippen molar-refractivity contribution in [1.29, 1.82) is 0 Å². The van der Waals surface area contributed by atoms with E-state index in [0.717, 1.165) is 65.8 Å². The van der Waals surface area contributed by atoms with Crippen molar-refractivity contribution in [2.75, 3.05) is 54.7 Å². The maximum atomic E-state index is 14.3. The summed E-state index contributed by atoms with van der Waals surface area (Å²) in [5.74, 6) is 3.52. The Balaban J connectivity index is 1.35. The van der Waals surface area contributed by atoms with Crippen molar-refractivity contribution >= 4 is 11.5 Å². The predicted molar refractivity (Wildman–Crippen MR) is 173 cm³/mol. The lowest BCUT2D eigenvalue weighted by molar-refractivity contribution is -0.128. The normalized spacial score (nSPS) is 14.6. The highest BCUT2D eigenvalue weighted by atomic mass is 16.5. The SMILES string of the molecule is COCCCOc1cc(CN(C(=O)C2=C(c3cccc(COc4cc(OC)cc(OC)c4)c3)CCNC2)C2CC2)cc(OC)c1. The van der Waals surface area contributed by atoms with Gasteiger partial charge in [0.1, 0.15) is 35.4 Å². The zero-order chi connectivity index (χ0) is 31.6. The van der Waals surface area contributed by atoms with Crippen molar-refractivity contribution in [3.63, 3.8) is 0 Å². The monoisotopic (exact) mass is 616 g/mol. The summed E-state index contributed by atoms with van der Waals surface area (Å²) in [4.78, 5) is 16.3. The molecule has 9 nitrogen and oxygen atoms in total. The number of benzene rings is 3. The van der Waals surface area contributed by atoms with E-state index in [2.05, 4.69) is 17.4 Å². The third-order valence-electron chi connectivity index (χ3n) is 8.02. The largest absolute Gasteiger partial charge is 0.497 e. The molecule has 1 aliphatic heterocycles. The van der Waals surface area contributed by atoms with Crippen LogP contribution in [0.4, 0.5) is 0 Å². The number of ether oxygens (including phenoxy) is 6. The Morgan fingerprint density at radius 3 is 2.16 bits per heavy atom. The first-order chi connectivity index (χ1) is 22.0. The number of carbonyl (C=O) groups excluding carboxylic acids is 1. The summed E-state index contributed by atoms with van der Waals surface area (Å²) >= 11 is 0. The van der Waals surface area contributed by atoms with Crippen molar-refractivity contribution in [2.24, 2.45) is 0 Å². The Kier molecular flexibility index (Phi) is 11.2. The Bertz CT molecular complexity index is 1460. The lowest BCUT2D eigenvalue weighted by Gasteiger charge is -2.28. The van der Waals surface area contributed by atoms with Crippen LogP contribution in [-0.2, 0) is 22.7 Å². The highest BCUT2D eigenvalue weighted by Crippen LogP contribution is 2.35. The number of nitrogens with zero attached hydrogens (tertiary/aromatic N) is 1. The summed E-state index contributed by atoms with van der Waals surface area (Å²) in [5.41, 5.74) is 4.95. The van der Waals surface area contributed by atoms with Crippen molar-refractivity contribution in [3.8, 4) is 28.7 Å². The molecule has 3 aromatic carbocycles. The zero-order valence-corrected chi connectivity index (χ0v) is 26.7. The number of hydrogen-bond acceptors (Lipinski definition) is 8. The minimum atomic E-state index is 0.0789. The average molecular weight is 617 g/mol. The van der Waals surface area contributed by atoms with Crippen LogP contribution in [0, 0.1) is 0 Å². The standard InChI is InChI=1S/C36H44N2O7/c1-40-13-6-14-44-32-17-26(16-29(19-32)41-2)23-38(28-9-10-28)36(39)35-22-37-12-11-34(35)27-8-5-7-25(15-27)24-45-33-20-30(42-3)18-31(21-33)43-4/h5,7-8,15-21,28,37H,6,9-14,22-24H2,1-4H3. The van der Waals surface area contributed by atoms with Crippen molar-refractivity contribution in [1.82, 2.24) is 10.2 Å². The quantitative estimate of drug-likeness (QED) is 0.207. The first-order valence-electron chi connectivity index (χ1n) is 15.5. The molecule has 0 saturated heterocycles. The topological polar surface area (TPSA) is 87.7 Å². The van der Waals surface area contributed by atoms with Crippen molar-refractivity contribution in [2.45, 2.75) is 44.9 Å². The van der Waals surface area contributed by atoms with Crippen LogP contribution in [0.1, 0.15) is 42.4 Å².